The Kier molecular flexibility index (Phi) is 4.79. The van der Waals surface area contributed by atoms with E-state index in [4.69, 9.17) is 4.74 Å². The molecule has 1 aliphatic rings. The highest BCUT2D eigenvalue weighted by Crippen LogP contribution is 2.33. The first kappa shape index (κ1) is 17.3. The van der Waals surface area contributed by atoms with Gasteiger partial charge in [0.15, 0.2) is 0 Å². The van der Waals surface area contributed by atoms with E-state index in [9.17, 15) is 14.7 Å². The summed E-state index contributed by atoms with van der Waals surface area (Å²) in [4.78, 5) is 24.8. The summed E-state index contributed by atoms with van der Waals surface area (Å²) in [5.41, 5.74) is 1.38. The number of phenolic OH excluding ortho intramolecular Hbond substituents is 1. The summed E-state index contributed by atoms with van der Waals surface area (Å²) in [6.45, 7) is 3.82. The Labute approximate surface area is 150 Å². The van der Waals surface area contributed by atoms with Gasteiger partial charge in [-0.3, -0.25) is 4.79 Å². The van der Waals surface area contributed by atoms with Gasteiger partial charge in [0.2, 0.25) is 5.91 Å². The van der Waals surface area contributed by atoms with Gasteiger partial charge in [0.25, 0.3) is 0 Å². The molecule has 0 unspecified atom stereocenters. The summed E-state index contributed by atoms with van der Waals surface area (Å²) in [5, 5.41) is 17.8. The number of carbonyl (C=O) groups is 2. The van der Waals surface area contributed by atoms with Gasteiger partial charge in [-0.2, -0.15) is 0 Å². The first-order valence-electron chi connectivity index (χ1n) is 7.98. The van der Waals surface area contributed by atoms with Gasteiger partial charge in [0, 0.05) is 5.70 Å². The summed E-state index contributed by atoms with van der Waals surface area (Å²) in [6, 6.07) is 12.3. The van der Waals surface area contributed by atoms with Gasteiger partial charge < -0.3 is 25.8 Å². The lowest BCUT2D eigenvalue weighted by Gasteiger charge is -2.34. The number of carbonyl (C=O) groups excluding carboxylic acids is 2. The van der Waals surface area contributed by atoms with Crippen molar-refractivity contribution in [3.63, 3.8) is 0 Å². The molecular formula is C19H19N3O4. The number of hydrogen-bond donors (Lipinski definition) is 4. The van der Waals surface area contributed by atoms with Crippen molar-refractivity contribution < 1.29 is 19.4 Å². The second-order valence-corrected chi connectivity index (χ2v) is 5.86. The molecule has 0 aromatic heterocycles. The van der Waals surface area contributed by atoms with E-state index in [1.807, 2.05) is 0 Å². The lowest BCUT2D eigenvalue weighted by molar-refractivity contribution is -0.119. The van der Waals surface area contributed by atoms with Crippen LogP contribution in [0.15, 0.2) is 60.8 Å². The molecule has 134 valence electrons. The maximum Gasteiger partial charge on any atom is 0.319 e. The Morgan fingerprint density at radius 3 is 2.73 bits per heavy atom. The van der Waals surface area contributed by atoms with E-state index in [0.29, 0.717) is 17.0 Å². The lowest BCUT2D eigenvalue weighted by Crippen LogP contribution is -2.51. The molecule has 1 aliphatic heterocycles. The number of hydrogen-bond acceptors (Lipinski definition) is 4. The van der Waals surface area contributed by atoms with Crippen molar-refractivity contribution in [2.24, 2.45) is 5.92 Å². The Hall–Kier alpha value is -3.48. The third-order valence-electron chi connectivity index (χ3n) is 4.15. The summed E-state index contributed by atoms with van der Waals surface area (Å²) >= 11 is 0. The maximum atomic E-state index is 12.9. The van der Waals surface area contributed by atoms with Crippen LogP contribution in [0.4, 0.5) is 10.5 Å². The van der Waals surface area contributed by atoms with Crippen LogP contribution in [0.3, 0.4) is 0 Å². The molecule has 1 fully saturated rings. The van der Waals surface area contributed by atoms with Crippen molar-refractivity contribution in [1.82, 2.24) is 10.6 Å². The second-order valence-electron chi connectivity index (χ2n) is 5.86. The largest absolute Gasteiger partial charge is 0.508 e. The fourth-order valence-electron chi connectivity index (χ4n) is 2.95. The van der Waals surface area contributed by atoms with Gasteiger partial charge >= 0.3 is 6.03 Å². The van der Waals surface area contributed by atoms with Gasteiger partial charge in [-0.25, -0.2) is 4.79 Å². The summed E-state index contributed by atoms with van der Waals surface area (Å²) < 4.78 is 5.25. The van der Waals surface area contributed by atoms with Crippen LogP contribution in [0.2, 0.25) is 0 Å². The van der Waals surface area contributed by atoms with Crippen molar-refractivity contribution in [1.29, 1.82) is 0 Å². The number of methoxy groups -OCH3 is 1. The topological polar surface area (TPSA) is 99.7 Å². The molecule has 2 aromatic carbocycles. The zero-order chi connectivity index (χ0) is 18.7. The molecule has 0 bridgehead atoms. The number of ether oxygens (including phenoxy) is 1. The molecule has 0 aliphatic carbocycles. The van der Waals surface area contributed by atoms with Crippen LogP contribution >= 0.6 is 0 Å². The molecule has 7 nitrogen and oxygen atoms in total. The van der Waals surface area contributed by atoms with Crippen molar-refractivity contribution in [2.75, 3.05) is 12.4 Å². The zero-order valence-corrected chi connectivity index (χ0v) is 14.2. The molecule has 3 amide bonds. The van der Waals surface area contributed by atoms with Crippen molar-refractivity contribution in [3.8, 4) is 11.5 Å². The van der Waals surface area contributed by atoms with Gasteiger partial charge in [-0.1, -0.05) is 30.8 Å². The highest BCUT2D eigenvalue weighted by Gasteiger charge is 2.38. The van der Waals surface area contributed by atoms with E-state index >= 15 is 0 Å². The predicted molar refractivity (Wildman–Crippen MR) is 96.8 cm³/mol. The van der Waals surface area contributed by atoms with Crippen LogP contribution in [0.1, 0.15) is 11.6 Å². The van der Waals surface area contributed by atoms with Crippen molar-refractivity contribution in [2.45, 2.75) is 6.04 Å². The molecule has 2 atom stereocenters. The number of amides is 3. The molecule has 7 heteroatoms. The van der Waals surface area contributed by atoms with E-state index < -0.39 is 18.0 Å². The van der Waals surface area contributed by atoms with Crippen molar-refractivity contribution >= 4 is 17.6 Å². The first-order valence-corrected chi connectivity index (χ1v) is 7.98. The summed E-state index contributed by atoms with van der Waals surface area (Å²) in [6.07, 6.45) is 0. The van der Waals surface area contributed by atoms with Gasteiger partial charge in [-0.15, -0.1) is 0 Å². The van der Waals surface area contributed by atoms with Crippen LogP contribution in [0, 0.1) is 5.92 Å². The number of aromatic hydroxyl groups is 1. The van der Waals surface area contributed by atoms with Crippen LogP contribution in [0.25, 0.3) is 0 Å². The fourth-order valence-corrected chi connectivity index (χ4v) is 2.95. The smallest absolute Gasteiger partial charge is 0.319 e. The molecule has 26 heavy (non-hydrogen) atoms. The Morgan fingerprint density at radius 1 is 1.23 bits per heavy atom. The van der Waals surface area contributed by atoms with Gasteiger partial charge in [0.05, 0.1) is 18.8 Å². The molecule has 3 rings (SSSR count). The molecule has 0 saturated carbocycles. The number of benzene rings is 2. The molecule has 1 saturated heterocycles. The Balaban J connectivity index is 1.92. The summed E-state index contributed by atoms with van der Waals surface area (Å²) in [7, 11) is 1.52. The first-order chi connectivity index (χ1) is 12.5. The highest BCUT2D eigenvalue weighted by atomic mass is 16.5. The van der Waals surface area contributed by atoms with Crippen LogP contribution in [0.5, 0.6) is 11.5 Å². The van der Waals surface area contributed by atoms with E-state index in [-0.39, 0.29) is 17.4 Å². The minimum atomic E-state index is -0.778. The molecule has 0 spiro atoms. The monoisotopic (exact) mass is 353 g/mol. The minimum absolute atomic E-state index is 0.0461. The zero-order valence-electron chi connectivity index (χ0n) is 14.2. The van der Waals surface area contributed by atoms with Crippen LogP contribution in [-0.4, -0.2) is 24.2 Å². The normalized spacial score (nSPS) is 19.3. The van der Waals surface area contributed by atoms with Crippen LogP contribution < -0.4 is 20.7 Å². The number of anilines is 1. The number of nitrogens with one attached hydrogen (secondary N) is 3. The quantitative estimate of drug-likeness (QED) is 0.679. The number of urea groups is 1. The molecule has 1 heterocycles. The third-order valence-corrected chi connectivity index (χ3v) is 4.15. The highest BCUT2D eigenvalue weighted by molar-refractivity contribution is 5.98. The standard InChI is InChI=1S/C19H19N3O4/c1-11-16(18(24)21-14-8-3-4-9-15(14)26-2)17(22-19(25)20-11)12-6-5-7-13(23)10-12/h3-10,16-17,23H,1H2,2H3,(H,21,24)(H2,20,22,25)/t16-,17+/m1/s1. The number of rotatable bonds is 4. The third kappa shape index (κ3) is 3.46. The Morgan fingerprint density at radius 2 is 2.00 bits per heavy atom. The fraction of sp³-hybridized carbons (Fsp3) is 0.158. The lowest BCUT2D eigenvalue weighted by atomic mass is 9.88. The second kappa shape index (κ2) is 7.18. The maximum absolute atomic E-state index is 12.9. The van der Waals surface area contributed by atoms with E-state index in [0.717, 1.165) is 0 Å². The van der Waals surface area contributed by atoms with Gasteiger partial charge in [-0.05, 0) is 29.8 Å². The Bertz CT molecular complexity index is 865. The predicted octanol–water partition coefficient (Wildman–Crippen LogP) is 2.52. The number of phenols is 1. The molecule has 0 radical (unpaired) electrons. The van der Waals surface area contributed by atoms with E-state index in [1.165, 1.54) is 19.2 Å². The van der Waals surface area contributed by atoms with Crippen molar-refractivity contribution in [3.05, 3.63) is 66.4 Å². The number of para-hydroxylation sites is 2. The SMILES string of the molecule is C=C1NC(=O)N[C@@H](c2cccc(O)c2)[C@@H]1C(=O)Nc1ccccc1OC. The van der Waals surface area contributed by atoms with E-state index in [2.05, 4.69) is 22.5 Å². The minimum Gasteiger partial charge on any atom is -0.508 e. The van der Waals surface area contributed by atoms with Gasteiger partial charge in [0.1, 0.15) is 17.4 Å². The summed E-state index contributed by atoms with van der Waals surface area (Å²) in [5.74, 6) is -0.572. The van der Waals surface area contributed by atoms with Crippen LogP contribution in [-0.2, 0) is 4.79 Å². The van der Waals surface area contributed by atoms with E-state index in [1.54, 1.807) is 36.4 Å². The average Bonchev–Trinajstić information content (AvgIpc) is 2.61. The molecular weight excluding hydrogens is 334 g/mol. The molecule has 2 aromatic rings. The molecule has 4 N–H and O–H groups in total. The average molecular weight is 353 g/mol.